The number of carboxylic acids is 1. The molecule has 0 aliphatic heterocycles. The van der Waals surface area contributed by atoms with Gasteiger partial charge in [-0.15, -0.1) is 0 Å². The Labute approximate surface area is 130 Å². The van der Waals surface area contributed by atoms with Gasteiger partial charge in [0, 0.05) is 7.05 Å². The van der Waals surface area contributed by atoms with Gasteiger partial charge in [-0.2, -0.15) is 25.9 Å². The molecule has 23 heavy (non-hydrogen) atoms. The van der Waals surface area contributed by atoms with Gasteiger partial charge in [0.1, 0.15) is 11.9 Å². The van der Waals surface area contributed by atoms with Crippen molar-refractivity contribution in [1.82, 2.24) is 13.3 Å². The Morgan fingerprint density at radius 1 is 1.35 bits per heavy atom. The third-order valence-corrected chi connectivity index (χ3v) is 5.92. The maximum absolute atomic E-state index is 12.6. The smallest absolute Gasteiger partial charge is 0.434 e. The zero-order valence-corrected chi connectivity index (χ0v) is 13.1. The van der Waals surface area contributed by atoms with Crippen molar-refractivity contribution in [2.45, 2.75) is 43.8 Å². The van der Waals surface area contributed by atoms with Crippen molar-refractivity contribution in [3.63, 3.8) is 0 Å². The van der Waals surface area contributed by atoms with Crippen molar-refractivity contribution in [3.05, 3.63) is 18.2 Å². The summed E-state index contributed by atoms with van der Waals surface area (Å²) in [6, 6.07) is 0. The minimum absolute atomic E-state index is 0.110. The molecular formula is C12H16F3N3O4S. The standard InChI is InChI=1S/C12H16F3N3O4S/c1-17(11(10(19)20)5-3-2-4-6-11)23(21,22)18-7-9(16-8-18)12(13,14)15/h7-8H,2-6H2,1H3,(H,19,20). The number of nitrogens with zero attached hydrogens (tertiary/aromatic N) is 3. The van der Waals surface area contributed by atoms with E-state index in [0.29, 0.717) is 33.6 Å². The second-order valence-electron chi connectivity index (χ2n) is 5.46. The summed E-state index contributed by atoms with van der Waals surface area (Å²) in [5.74, 6) is -1.31. The van der Waals surface area contributed by atoms with Gasteiger partial charge >= 0.3 is 22.4 Å². The lowest BCUT2D eigenvalue weighted by Gasteiger charge is -2.39. The second-order valence-corrected chi connectivity index (χ2v) is 7.32. The van der Waals surface area contributed by atoms with Gasteiger partial charge in [0.25, 0.3) is 0 Å². The molecule has 1 aromatic rings. The Balaban J connectivity index is 2.41. The van der Waals surface area contributed by atoms with E-state index < -0.39 is 33.6 Å². The molecule has 0 radical (unpaired) electrons. The van der Waals surface area contributed by atoms with E-state index in [2.05, 4.69) is 4.98 Å². The number of hydrogen-bond donors (Lipinski definition) is 1. The van der Waals surface area contributed by atoms with Gasteiger partial charge in [-0.05, 0) is 12.8 Å². The second kappa shape index (κ2) is 5.78. The predicted octanol–water partition coefficient (Wildman–Crippen LogP) is 1.71. The molecule has 2 rings (SSSR count). The number of halogens is 3. The fourth-order valence-corrected chi connectivity index (χ4v) is 4.13. The third-order valence-electron chi connectivity index (χ3n) is 4.14. The first-order valence-corrected chi connectivity index (χ1v) is 8.25. The van der Waals surface area contributed by atoms with Crippen LogP contribution >= 0.6 is 0 Å². The summed E-state index contributed by atoms with van der Waals surface area (Å²) in [6.45, 7) is 0. The molecule has 0 spiro atoms. The molecule has 1 aromatic heterocycles. The van der Waals surface area contributed by atoms with Crippen LogP contribution < -0.4 is 0 Å². The summed E-state index contributed by atoms with van der Waals surface area (Å²) in [5, 5.41) is 9.49. The summed E-state index contributed by atoms with van der Waals surface area (Å²) >= 11 is 0. The van der Waals surface area contributed by atoms with Gasteiger partial charge in [-0.3, -0.25) is 4.79 Å². The van der Waals surface area contributed by atoms with E-state index in [0.717, 1.165) is 13.5 Å². The summed E-state index contributed by atoms with van der Waals surface area (Å²) in [7, 11) is -3.40. The van der Waals surface area contributed by atoms with Crippen molar-refractivity contribution in [3.8, 4) is 0 Å². The van der Waals surface area contributed by atoms with E-state index in [9.17, 15) is 31.5 Å². The van der Waals surface area contributed by atoms with Crippen LogP contribution in [0.15, 0.2) is 12.5 Å². The molecular weight excluding hydrogens is 339 g/mol. The van der Waals surface area contributed by atoms with Crippen molar-refractivity contribution >= 4 is 16.2 Å². The van der Waals surface area contributed by atoms with E-state index in [4.69, 9.17) is 0 Å². The lowest BCUT2D eigenvalue weighted by atomic mass is 9.82. The number of carbonyl (C=O) groups is 1. The molecule has 1 aliphatic carbocycles. The van der Waals surface area contributed by atoms with Crippen molar-refractivity contribution in [2.75, 3.05) is 7.05 Å². The van der Waals surface area contributed by atoms with Crippen LogP contribution in [-0.2, 0) is 21.2 Å². The summed E-state index contributed by atoms with van der Waals surface area (Å²) < 4.78 is 63.7. The molecule has 0 unspecified atom stereocenters. The van der Waals surface area contributed by atoms with Crippen molar-refractivity contribution < 1.29 is 31.5 Å². The number of aliphatic carboxylic acids is 1. The van der Waals surface area contributed by atoms with E-state index in [1.165, 1.54) is 0 Å². The van der Waals surface area contributed by atoms with Gasteiger partial charge in [0.05, 0.1) is 6.20 Å². The predicted molar refractivity (Wildman–Crippen MR) is 72.8 cm³/mol. The first kappa shape index (κ1) is 17.7. The Morgan fingerprint density at radius 3 is 2.35 bits per heavy atom. The lowest BCUT2D eigenvalue weighted by molar-refractivity contribution is -0.149. The SMILES string of the molecule is CN(C1(C(=O)O)CCCCC1)S(=O)(=O)n1cnc(C(F)(F)F)c1. The zero-order chi connectivity index (χ0) is 17.5. The van der Waals surface area contributed by atoms with Crippen LogP contribution in [0.1, 0.15) is 37.8 Å². The number of alkyl halides is 3. The van der Waals surface area contributed by atoms with E-state index in [1.807, 2.05) is 0 Å². The van der Waals surface area contributed by atoms with Crippen LogP contribution in [0.3, 0.4) is 0 Å². The van der Waals surface area contributed by atoms with E-state index in [1.54, 1.807) is 0 Å². The maximum Gasteiger partial charge on any atom is 0.434 e. The summed E-state index contributed by atoms with van der Waals surface area (Å²) in [5.41, 5.74) is -3.01. The Bertz CT molecular complexity index is 693. The highest BCUT2D eigenvalue weighted by Gasteiger charge is 2.49. The highest BCUT2D eigenvalue weighted by atomic mass is 32.2. The van der Waals surface area contributed by atoms with Gasteiger partial charge in [-0.1, -0.05) is 19.3 Å². The Hall–Kier alpha value is -1.62. The molecule has 0 saturated heterocycles. The third kappa shape index (κ3) is 3.07. The van der Waals surface area contributed by atoms with Crippen molar-refractivity contribution in [2.24, 2.45) is 0 Å². The van der Waals surface area contributed by atoms with Crippen molar-refractivity contribution in [1.29, 1.82) is 0 Å². The number of imidazole rings is 1. The fraction of sp³-hybridized carbons (Fsp3) is 0.667. The molecule has 0 bridgehead atoms. The minimum Gasteiger partial charge on any atom is -0.480 e. The number of rotatable bonds is 4. The van der Waals surface area contributed by atoms with Gasteiger partial charge < -0.3 is 5.11 Å². The largest absolute Gasteiger partial charge is 0.480 e. The topological polar surface area (TPSA) is 92.5 Å². The van der Waals surface area contributed by atoms with Crippen LogP contribution in [-0.4, -0.2) is 45.3 Å². The number of likely N-dealkylation sites (N-methyl/N-ethyl adjacent to an activating group) is 1. The van der Waals surface area contributed by atoms with Gasteiger partial charge in [-0.25, -0.2) is 8.96 Å². The van der Waals surface area contributed by atoms with E-state index >= 15 is 0 Å². The van der Waals surface area contributed by atoms with E-state index in [-0.39, 0.29) is 12.8 Å². The Kier molecular flexibility index (Phi) is 4.46. The molecule has 1 aliphatic rings. The summed E-state index contributed by atoms with van der Waals surface area (Å²) in [6.07, 6.45) is -1.86. The molecule has 130 valence electrons. The molecule has 1 N–H and O–H groups in total. The number of carboxylic acid groups (broad SMARTS) is 1. The average molecular weight is 355 g/mol. The summed E-state index contributed by atoms with van der Waals surface area (Å²) in [4.78, 5) is 14.7. The highest BCUT2D eigenvalue weighted by Crippen LogP contribution is 2.35. The fourth-order valence-electron chi connectivity index (χ4n) is 2.74. The average Bonchev–Trinajstić information content (AvgIpc) is 2.97. The van der Waals surface area contributed by atoms with Crippen LogP contribution in [0.5, 0.6) is 0 Å². The normalized spacial score (nSPS) is 19.0. The maximum atomic E-state index is 12.6. The van der Waals surface area contributed by atoms with Gasteiger partial charge in [0.2, 0.25) is 0 Å². The first-order chi connectivity index (χ1) is 10.5. The molecule has 0 atom stereocenters. The van der Waals surface area contributed by atoms with Crippen LogP contribution in [0, 0.1) is 0 Å². The van der Waals surface area contributed by atoms with Crippen LogP contribution in [0.25, 0.3) is 0 Å². The first-order valence-electron chi connectivity index (χ1n) is 6.86. The number of aromatic nitrogens is 2. The molecule has 1 heterocycles. The molecule has 11 heteroatoms. The molecule has 7 nitrogen and oxygen atoms in total. The van der Waals surface area contributed by atoms with Crippen LogP contribution in [0.4, 0.5) is 13.2 Å². The molecule has 0 amide bonds. The zero-order valence-electron chi connectivity index (χ0n) is 12.2. The number of hydrogen-bond acceptors (Lipinski definition) is 4. The molecule has 1 saturated carbocycles. The Morgan fingerprint density at radius 2 is 1.91 bits per heavy atom. The highest BCUT2D eigenvalue weighted by molar-refractivity contribution is 7.87. The molecule has 0 aromatic carbocycles. The monoisotopic (exact) mass is 355 g/mol. The lowest BCUT2D eigenvalue weighted by Crippen LogP contribution is -2.57. The van der Waals surface area contributed by atoms with Crippen LogP contribution in [0.2, 0.25) is 0 Å². The van der Waals surface area contributed by atoms with Gasteiger partial charge in [0.15, 0.2) is 5.69 Å². The quantitative estimate of drug-likeness (QED) is 0.888. The minimum atomic E-state index is -4.78. The molecule has 1 fully saturated rings.